The molecule has 1 N–H and O–H groups in total. The number of hydrogen-bond acceptors (Lipinski definition) is 2. The SMILES string of the molecule is CC(C)(CNS(=O)(=O)c1ccc(C(C)(C)C)cc1)Cc1ccc(Br)cc1. The van der Waals surface area contributed by atoms with Gasteiger partial charge in [-0.15, -0.1) is 0 Å². The van der Waals surface area contributed by atoms with Gasteiger partial charge in [-0.25, -0.2) is 13.1 Å². The first-order chi connectivity index (χ1) is 11.9. The van der Waals surface area contributed by atoms with Gasteiger partial charge in [0, 0.05) is 11.0 Å². The summed E-state index contributed by atoms with van der Waals surface area (Å²) in [6, 6.07) is 15.3. The predicted octanol–water partition coefficient (Wildman–Crippen LogP) is 5.29. The largest absolute Gasteiger partial charge is 0.240 e. The highest BCUT2D eigenvalue weighted by Crippen LogP contribution is 2.25. The monoisotopic (exact) mass is 437 g/mol. The van der Waals surface area contributed by atoms with Gasteiger partial charge in [-0.3, -0.25) is 0 Å². The van der Waals surface area contributed by atoms with Crippen molar-refractivity contribution in [1.82, 2.24) is 4.72 Å². The van der Waals surface area contributed by atoms with Crippen molar-refractivity contribution < 1.29 is 8.42 Å². The second-order valence-corrected chi connectivity index (χ2v) is 11.2. The average Bonchev–Trinajstić information content (AvgIpc) is 2.55. The molecule has 0 spiro atoms. The first-order valence-corrected chi connectivity index (χ1v) is 11.0. The van der Waals surface area contributed by atoms with E-state index in [0.29, 0.717) is 11.4 Å². The number of nitrogens with one attached hydrogen (secondary N) is 1. The number of rotatable bonds is 6. The quantitative estimate of drug-likeness (QED) is 0.666. The van der Waals surface area contributed by atoms with Crippen molar-refractivity contribution >= 4 is 26.0 Å². The summed E-state index contributed by atoms with van der Waals surface area (Å²) >= 11 is 3.43. The normalized spacial score (nSPS) is 13.0. The van der Waals surface area contributed by atoms with Gasteiger partial charge >= 0.3 is 0 Å². The van der Waals surface area contributed by atoms with Gasteiger partial charge in [-0.05, 0) is 52.6 Å². The fraction of sp³-hybridized carbons (Fsp3) is 0.429. The summed E-state index contributed by atoms with van der Waals surface area (Å²) in [5, 5.41) is 0. The minimum atomic E-state index is -3.51. The summed E-state index contributed by atoms with van der Waals surface area (Å²) in [6.45, 7) is 10.9. The Balaban J connectivity index is 2.05. The summed E-state index contributed by atoms with van der Waals surface area (Å²) in [5.74, 6) is 0. The Morgan fingerprint density at radius 3 is 1.92 bits per heavy atom. The average molecular weight is 438 g/mol. The van der Waals surface area contributed by atoms with Crippen molar-refractivity contribution in [2.75, 3.05) is 6.54 Å². The molecule has 5 heteroatoms. The van der Waals surface area contributed by atoms with Crippen LogP contribution in [0.5, 0.6) is 0 Å². The van der Waals surface area contributed by atoms with Gasteiger partial charge < -0.3 is 0 Å². The Morgan fingerprint density at radius 1 is 0.885 bits per heavy atom. The lowest BCUT2D eigenvalue weighted by molar-refractivity contribution is 0.361. The van der Waals surface area contributed by atoms with Crippen LogP contribution in [-0.4, -0.2) is 15.0 Å². The Kier molecular flexibility index (Phi) is 6.36. The van der Waals surface area contributed by atoms with Crippen molar-refractivity contribution in [1.29, 1.82) is 0 Å². The van der Waals surface area contributed by atoms with E-state index in [-0.39, 0.29) is 10.8 Å². The molecule has 0 amide bonds. The fourth-order valence-corrected chi connectivity index (χ4v) is 4.23. The summed E-state index contributed by atoms with van der Waals surface area (Å²) < 4.78 is 29.0. The van der Waals surface area contributed by atoms with Crippen molar-refractivity contribution in [2.45, 2.75) is 51.3 Å². The molecule has 0 saturated heterocycles. The maximum absolute atomic E-state index is 12.6. The van der Waals surface area contributed by atoms with Gasteiger partial charge in [0.25, 0.3) is 0 Å². The van der Waals surface area contributed by atoms with Crippen molar-refractivity contribution in [3.05, 3.63) is 64.1 Å². The minimum absolute atomic E-state index is 0.00237. The standard InChI is InChI=1S/C21H28BrNO2S/c1-20(2,3)17-8-12-19(13-9-17)26(24,25)23-15-21(4,5)14-16-6-10-18(22)11-7-16/h6-13,23H,14-15H2,1-5H3. The van der Waals surface area contributed by atoms with Crippen LogP contribution in [0.3, 0.4) is 0 Å². The highest BCUT2D eigenvalue weighted by Gasteiger charge is 2.23. The van der Waals surface area contributed by atoms with Crippen molar-refractivity contribution in [3.63, 3.8) is 0 Å². The van der Waals surface area contributed by atoms with Crippen LogP contribution in [0.4, 0.5) is 0 Å². The maximum atomic E-state index is 12.6. The predicted molar refractivity (Wildman–Crippen MR) is 112 cm³/mol. The molecule has 0 aliphatic rings. The molecule has 0 bridgehead atoms. The minimum Gasteiger partial charge on any atom is -0.211 e. The van der Waals surface area contributed by atoms with Gasteiger partial charge in [-0.1, -0.05) is 74.8 Å². The van der Waals surface area contributed by atoms with E-state index >= 15 is 0 Å². The topological polar surface area (TPSA) is 46.2 Å². The third-order valence-electron chi connectivity index (χ3n) is 4.37. The molecule has 26 heavy (non-hydrogen) atoms. The zero-order valence-corrected chi connectivity index (χ0v) is 18.5. The van der Waals surface area contributed by atoms with Crippen LogP contribution in [0.15, 0.2) is 57.9 Å². The van der Waals surface area contributed by atoms with E-state index in [1.165, 1.54) is 5.56 Å². The van der Waals surface area contributed by atoms with Crippen LogP contribution in [0.25, 0.3) is 0 Å². The molecule has 2 rings (SSSR count). The zero-order chi connectivity index (χ0) is 19.6. The second kappa shape index (κ2) is 7.83. The third-order valence-corrected chi connectivity index (χ3v) is 6.31. The highest BCUT2D eigenvalue weighted by atomic mass is 79.9. The second-order valence-electron chi connectivity index (χ2n) is 8.57. The summed E-state index contributed by atoms with van der Waals surface area (Å²) in [4.78, 5) is 0.310. The lowest BCUT2D eigenvalue weighted by Crippen LogP contribution is -2.35. The van der Waals surface area contributed by atoms with Crippen LogP contribution < -0.4 is 4.72 Å². The smallest absolute Gasteiger partial charge is 0.211 e. The summed E-state index contributed by atoms with van der Waals surface area (Å²) in [6.07, 6.45) is 0.797. The van der Waals surface area contributed by atoms with Crippen LogP contribution >= 0.6 is 15.9 Å². The number of benzene rings is 2. The number of sulfonamides is 1. The molecule has 2 aromatic carbocycles. The molecule has 0 aromatic heterocycles. The molecule has 0 heterocycles. The van der Waals surface area contributed by atoms with Gasteiger partial charge in [-0.2, -0.15) is 0 Å². The van der Waals surface area contributed by atoms with E-state index in [2.05, 4.69) is 67.4 Å². The van der Waals surface area contributed by atoms with Crippen LogP contribution in [0.2, 0.25) is 0 Å². The Morgan fingerprint density at radius 2 is 1.42 bits per heavy atom. The first kappa shape index (κ1) is 21.1. The van der Waals surface area contributed by atoms with E-state index in [4.69, 9.17) is 0 Å². The van der Waals surface area contributed by atoms with Crippen LogP contribution in [0.1, 0.15) is 45.7 Å². The lowest BCUT2D eigenvalue weighted by Gasteiger charge is -2.25. The lowest BCUT2D eigenvalue weighted by atomic mass is 9.86. The van der Waals surface area contributed by atoms with Gasteiger partial charge in [0.1, 0.15) is 0 Å². The van der Waals surface area contributed by atoms with Gasteiger partial charge in [0.2, 0.25) is 10.0 Å². The zero-order valence-electron chi connectivity index (χ0n) is 16.1. The van der Waals surface area contributed by atoms with Crippen molar-refractivity contribution in [3.8, 4) is 0 Å². The van der Waals surface area contributed by atoms with Crippen LogP contribution in [-0.2, 0) is 21.9 Å². The number of hydrogen-bond donors (Lipinski definition) is 1. The molecule has 0 atom stereocenters. The van der Waals surface area contributed by atoms with Gasteiger partial charge in [0.15, 0.2) is 0 Å². The molecule has 0 radical (unpaired) electrons. The molecule has 2 aromatic rings. The van der Waals surface area contributed by atoms with Crippen molar-refractivity contribution in [2.24, 2.45) is 5.41 Å². The summed E-state index contributed by atoms with van der Waals surface area (Å²) in [5.41, 5.74) is 2.12. The van der Waals surface area contributed by atoms with E-state index in [9.17, 15) is 8.42 Å². The molecule has 142 valence electrons. The molecule has 0 fully saturated rings. The molecule has 3 nitrogen and oxygen atoms in total. The highest BCUT2D eigenvalue weighted by molar-refractivity contribution is 9.10. The molecule has 0 saturated carbocycles. The molecule has 0 unspecified atom stereocenters. The molecule has 0 aliphatic carbocycles. The maximum Gasteiger partial charge on any atom is 0.240 e. The van der Waals surface area contributed by atoms with E-state index in [1.54, 1.807) is 12.1 Å². The Bertz CT molecular complexity index is 833. The number of halogens is 1. The van der Waals surface area contributed by atoms with Gasteiger partial charge in [0.05, 0.1) is 4.90 Å². The Labute approximate surface area is 166 Å². The first-order valence-electron chi connectivity index (χ1n) is 8.74. The molecular weight excluding hydrogens is 410 g/mol. The molecular formula is C21H28BrNO2S. The van der Waals surface area contributed by atoms with E-state index < -0.39 is 10.0 Å². The molecule has 0 aliphatic heterocycles. The third kappa shape index (κ3) is 5.93. The fourth-order valence-electron chi connectivity index (χ4n) is 2.73. The van der Waals surface area contributed by atoms with E-state index in [0.717, 1.165) is 16.5 Å². The van der Waals surface area contributed by atoms with E-state index in [1.807, 2.05) is 24.3 Å². The Hall–Kier alpha value is -1.17. The summed E-state index contributed by atoms with van der Waals surface area (Å²) in [7, 11) is -3.51. The van der Waals surface area contributed by atoms with Crippen LogP contribution in [0, 0.1) is 5.41 Å².